The highest BCUT2D eigenvalue weighted by Gasteiger charge is 2.52. The van der Waals surface area contributed by atoms with E-state index in [-0.39, 0.29) is 11.3 Å². The van der Waals surface area contributed by atoms with Gasteiger partial charge >= 0.3 is 0 Å². The van der Waals surface area contributed by atoms with E-state index in [4.69, 9.17) is 4.74 Å². The van der Waals surface area contributed by atoms with Gasteiger partial charge in [-0.15, -0.1) is 0 Å². The van der Waals surface area contributed by atoms with Gasteiger partial charge in [0, 0.05) is 0 Å². The lowest BCUT2D eigenvalue weighted by atomic mass is 9.80. The zero-order valence-corrected chi connectivity index (χ0v) is 15.1. The first-order valence-corrected chi connectivity index (χ1v) is 9.63. The second-order valence-electron chi connectivity index (χ2n) is 8.21. The van der Waals surface area contributed by atoms with Gasteiger partial charge in [-0.1, -0.05) is 58.3 Å². The monoisotopic (exact) mass is 311 g/mol. The second kappa shape index (κ2) is 8.12. The van der Waals surface area contributed by atoms with Crippen molar-refractivity contribution in [2.45, 2.75) is 109 Å². The molecule has 3 heteroatoms. The molecule has 0 aromatic rings. The summed E-state index contributed by atoms with van der Waals surface area (Å²) >= 11 is 0. The van der Waals surface area contributed by atoms with Gasteiger partial charge in [-0.25, -0.2) is 0 Å². The van der Waals surface area contributed by atoms with E-state index in [2.05, 4.69) is 20.8 Å². The van der Waals surface area contributed by atoms with Crippen molar-refractivity contribution in [1.29, 1.82) is 0 Å². The van der Waals surface area contributed by atoms with Gasteiger partial charge < -0.3 is 9.94 Å². The van der Waals surface area contributed by atoms with Crippen molar-refractivity contribution in [2.24, 2.45) is 5.92 Å². The van der Waals surface area contributed by atoms with Crippen LogP contribution in [0.3, 0.4) is 0 Å². The predicted molar refractivity (Wildman–Crippen MR) is 91.0 cm³/mol. The van der Waals surface area contributed by atoms with Crippen molar-refractivity contribution < 1.29 is 9.94 Å². The fourth-order valence-electron chi connectivity index (χ4n) is 4.15. The highest BCUT2D eigenvalue weighted by molar-refractivity contribution is 4.96. The van der Waals surface area contributed by atoms with Crippen LogP contribution in [0.25, 0.3) is 0 Å². The molecule has 0 bridgehead atoms. The zero-order chi connectivity index (χ0) is 16.1. The second-order valence-corrected chi connectivity index (χ2v) is 8.21. The van der Waals surface area contributed by atoms with Gasteiger partial charge in [-0.3, -0.25) is 0 Å². The molecule has 1 spiro atoms. The number of rotatable bonds is 8. The summed E-state index contributed by atoms with van der Waals surface area (Å²) in [6, 6.07) is 0. The molecule has 1 heterocycles. The molecule has 1 saturated heterocycles. The normalized spacial score (nSPS) is 31.9. The molecule has 1 N–H and O–H groups in total. The van der Waals surface area contributed by atoms with Crippen LogP contribution >= 0.6 is 0 Å². The summed E-state index contributed by atoms with van der Waals surface area (Å²) in [7, 11) is 0. The van der Waals surface area contributed by atoms with E-state index in [1.54, 1.807) is 0 Å². The standard InChI is InChI=1S/C19H37NO2/c1-4-5-6-7-8-9-10-11-17-12-14-19(15-13-17)20(21)18(2,3)16-22-19/h17,21H,4-16H2,1-3H3. The van der Waals surface area contributed by atoms with Crippen molar-refractivity contribution in [3.63, 3.8) is 0 Å². The molecule has 0 unspecified atom stereocenters. The van der Waals surface area contributed by atoms with Gasteiger partial charge in [0.05, 0.1) is 12.1 Å². The third-order valence-corrected chi connectivity index (χ3v) is 5.76. The maximum Gasteiger partial charge on any atom is 0.144 e. The fourth-order valence-corrected chi connectivity index (χ4v) is 4.15. The average Bonchev–Trinajstić information content (AvgIpc) is 2.73. The number of unbranched alkanes of at least 4 members (excludes halogenated alkanes) is 6. The maximum absolute atomic E-state index is 10.4. The lowest BCUT2D eigenvalue weighted by molar-refractivity contribution is -0.263. The number of hydrogen-bond acceptors (Lipinski definition) is 3. The number of nitrogens with zero attached hydrogens (tertiary/aromatic N) is 1. The zero-order valence-electron chi connectivity index (χ0n) is 15.1. The SMILES string of the molecule is CCCCCCCCCC1CCC2(CC1)OCC(C)(C)N2O. The first-order chi connectivity index (χ1) is 10.5. The Morgan fingerprint density at radius 3 is 2.14 bits per heavy atom. The first-order valence-electron chi connectivity index (χ1n) is 9.63. The van der Waals surface area contributed by atoms with Crippen LogP contribution in [0.1, 0.15) is 97.8 Å². The Morgan fingerprint density at radius 1 is 1.00 bits per heavy atom. The highest BCUT2D eigenvalue weighted by atomic mass is 16.6. The summed E-state index contributed by atoms with van der Waals surface area (Å²) in [6.07, 6.45) is 15.6. The van der Waals surface area contributed by atoms with Crippen molar-refractivity contribution in [2.75, 3.05) is 6.61 Å². The summed E-state index contributed by atoms with van der Waals surface area (Å²) in [5.74, 6) is 0.849. The molecule has 1 aliphatic heterocycles. The number of hydrogen-bond donors (Lipinski definition) is 1. The van der Waals surface area contributed by atoms with Crippen LogP contribution in [0.2, 0.25) is 0 Å². The van der Waals surface area contributed by atoms with E-state index in [1.165, 1.54) is 69.3 Å². The summed E-state index contributed by atoms with van der Waals surface area (Å²) in [5, 5.41) is 12.0. The Kier molecular flexibility index (Phi) is 6.73. The van der Waals surface area contributed by atoms with Gasteiger partial charge in [0.2, 0.25) is 0 Å². The molecule has 0 amide bonds. The van der Waals surface area contributed by atoms with E-state index < -0.39 is 0 Å². The highest BCUT2D eigenvalue weighted by Crippen LogP contribution is 2.45. The molecular formula is C19H37NO2. The van der Waals surface area contributed by atoms with Crippen LogP contribution in [-0.4, -0.2) is 28.1 Å². The van der Waals surface area contributed by atoms with Crippen molar-refractivity contribution >= 4 is 0 Å². The quantitative estimate of drug-likeness (QED) is 0.600. The van der Waals surface area contributed by atoms with Gasteiger partial charge in [-0.05, 0) is 45.4 Å². The maximum atomic E-state index is 10.4. The van der Waals surface area contributed by atoms with Gasteiger partial charge in [-0.2, -0.15) is 5.06 Å². The van der Waals surface area contributed by atoms with Gasteiger partial charge in [0.1, 0.15) is 5.72 Å². The van der Waals surface area contributed by atoms with Crippen molar-refractivity contribution in [3.8, 4) is 0 Å². The van der Waals surface area contributed by atoms with Crippen LogP contribution in [0.15, 0.2) is 0 Å². The molecule has 2 aliphatic rings. The molecule has 1 aliphatic carbocycles. The predicted octanol–water partition coefficient (Wildman–Crippen LogP) is 5.51. The van der Waals surface area contributed by atoms with Crippen molar-refractivity contribution in [3.05, 3.63) is 0 Å². The third-order valence-electron chi connectivity index (χ3n) is 5.76. The van der Waals surface area contributed by atoms with Crippen LogP contribution < -0.4 is 0 Å². The smallest absolute Gasteiger partial charge is 0.144 e. The molecule has 2 rings (SSSR count). The Labute approximate surface area is 137 Å². The number of ether oxygens (including phenoxy) is 1. The minimum Gasteiger partial charge on any atom is -0.356 e. The molecule has 0 aromatic carbocycles. The largest absolute Gasteiger partial charge is 0.356 e. The van der Waals surface area contributed by atoms with E-state index in [1.807, 2.05) is 0 Å². The van der Waals surface area contributed by atoms with E-state index in [9.17, 15) is 5.21 Å². The molecule has 3 nitrogen and oxygen atoms in total. The lowest BCUT2D eigenvalue weighted by Gasteiger charge is -2.42. The van der Waals surface area contributed by atoms with Crippen LogP contribution in [0.5, 0.6) is 0 Å². The molecule has 2 fully saturated rings. The molecule has 0 atom stereocenters. The first kappa shape index (κ1) is 18.2. The Balaban J connectivity index is 1.60. The molecule has 0 aromatic heterocycles. The Morgan fingerprint density at radius 2 is 1.59 bits per heavy atom. The minimum absolute atomic E-state index is 0.231. The van der Waals surface area contributed by atoms with E-state index in [0.717, 1.165) is 18.8 Å². The molecular weight excluding hydrogens is 274 g/mol. The fraction of sp³-hybridized carbons (Fsp3) is 1.00. The Bertz CT molecular complexity index is 321. The summed E-state index contributed by atoms with van der Waals surface area (Å²) in [6.45, 7) is 7.04. The molecule has 130 valence electrons. The van der Waals surface area contributed by atoms with Gasteiger partial charge in [0.15, 0.2) is 0 Å². The molecule has 1 saturated carbocycles. The minimum atomic E-state index is -0.375. The summed E-state index contributed by atoms with van der Waals surface area (Å²) in [5.41, 5.74) is -0.606. The molecule has 0 radical (unpaired) electrons. The van der Waals surface area contributed by atoms with Crippen LogP contribution in [-0.2, 0) is 4.74 Å². The topological polar surface area (TPSA) is 32.7 Å². The van der Waals surface area contributed by atoms with Crippen LogP contribution in [0, 0.1) is 5.92 Å². The van der Waals surface area contributed by atoms with Gasteiger partial charge in [0.25, 0.3) is 0 Å². The average molecular weight is 312 g/mol. The van der Waals surface area contributed by atoms with Crippen LogP contribution in [0.4, 0.5) is 0 Å². The molecule has 22 heavy (non-hydrogen) atoms. The number of hydroxylamine groups is 2. The lowest BCUT2D eigenvalue weighted by Crippen LogP contribution is -2.51. The third kappa shape index (κ3) is 4.46. The summed E-state index contributed by atoms with van der Waals surface area (Å²) in [4.78, 5) is 0. The Hall–Kier alpha value is -0.120. The van der Waals surface area contributed by atoms with E-state index in [0.29, 0.717) is 6.61 Å². The summed E-state index contributed by atoms with van der Waals surface area (Å²) < 4.78 is 6.01. The van der Waals surface area contributed by atoms with E-state index >= 15 is 0 Å². The van der Waals surface area contributed by atoms with Crippen molar-refractivity contribution in [1.82, 2.24) is 5.06 Å².